The number of carbonyl (C=O) groups is 2. The Bertz CT molecular complexity index is 1010. The normalized spacial score (nSPS) is 17.6. The van der Waals surface area contributed by atoms with Gasteiger partial charge in [0.05, 0.1) is 24.3 Å². The topological polar surface area (TPSA) is 131 Å². The van der Waals surface area contributed by atoms with Crippen molar-refractivity contribution in [3.63, 3.8) is 0 Å². The average Bonchev–Trinajstić information content (AvgIpc) is 2.73. The Morgan fingerprint density at radius 3 is 2.70 bits per heavy atom. The van der Waals surface area contributed by atoms with Crippen LogP contribution in [0.3, 0.4) is 0 Å². The van der Waals surface area contributed by atoms with Crippen LogP contribution in [0.1, 0.15) is 29.5 Å². The minimum atomic E-state index is -1.29. The molecule has 0 aliphatic heterocycles. The van der Waals surface area contributed by atoms with Crippen LogP contribution in [-0.4, -0.2) is 35.5 Å². The van der Waals surface area contributed by atoms with Crippen LogP contribution in [0, 0.1) is 17.0 Å². The molecule has 2 aromatic rings. The van der Waals surface area contributed by atoms with E-state index in [9.17, 15) is 24.8 Å². The highest BCUT2D eigenvalue weighted by molar-refractivity contribution is 6.39. The molecule has 9 heteroatoms. The van der Waals surface area contributed by atoms with Crippen molar-refractivity contribution in [1.29, 1.82) is 0 Å². The largest absolute Gasteiger partial charge is 0.497 e. The first kappa shape index (κ1) is 21.3. The molecule has 3 N–H and O–H groups in total. The number of nitro benzene ring substituents is 1. The molecule has 1 aliphatic carbocycles. The molecular weight excluding hydrogens is 390 g/mol. The average molecular weight is 413 g/mol. The number of fused-ring (bicyclic) bond motifs is 1. The lowest BCUT2D eigenvalue weighted by molar-refractivity contribution is -0.384. The predicted octanol–water partition coefficient (Wildman–Crippen LogP) is 2.19. The van der Waals surface area contributed by atoms with Crippen LogP contribution >= 0.6 is 0 Å². The van der Waals surface area contributed by atoms with Gasteiger partial charge in [0.1, 0.15) is 11.4 Å². The summed E-state index contributed by atoms with van der Waals surface area (Å²) in [4.78, 5) is 34.9. The number of non-ortho nitro benzene ring substituents is 1. The maximum absolute atomic E-state index is 12.3. The lowest BCUT2D eigenvalue weighted by Crippen LogP contribution is -2.46. The third-order valence-corrected chi connectivity index (χ3v) is 5.28. The third-order valence-electron chi connectivity index (χ3n) is 5.28. The van der Waals surface area contributed by atoms with Crippen molar-refractivity contribution in [2.45, 2.75) is 31.8 Å². The number of hydrogen-bond acceptors (Lipinski definition) is 6. The van der Waals surface area contributed by atoms with Crippen LogP contribution in [0.25, 0.3) is 0 Å². The van der Waals surface area contributed by atoms with Crippen LogP contribution in [0.2, 0.25) is 0 Å². The first-order chi connectivity index (χ1) is 14.2. The molecule has 0 fully saturated rings. The van der Waals surface area contributed by atoms with Gasteiger partial charge in [0.25, 0.3) is 5.69 Å². The molecule has 1 aliphatic rings. The monoisotopic (exact) mass is 413 g/mol. The van der Waals surface area contributed by atoms with Gasteiger partial charge in [-0.2, -0.15) is 0 Å². The number of aliphatic hydroxyl groups is 1. The molecular formula is C21H23N3O6. The van der Waals surface area contributed by atoms with Gasteiger partial charge in [-0.25, -0.2) is 0 Å². The van der Waals surface area contributed by atoms with Gasteiger partial charge in [0.2, 0.25) is 0 Å². The van der Waals surface area contributed by atoms with Crippen molar-refractivity contribution in [2.75, 3.05) is 19.0 Å². The highest BCUT2D eigenvalue weighted by Crippen LogP contribution is 2.36. The Balaban J connectivity index is 1.68. The van der Waals surface area contributed by atoms with E-state index in [0.29, 0.717) is 23.3 Å². The molecule has 0 radical (unpaired) electrons. The number of anilines is 1. The molecule has 0 saturated heterocycles. The van der Waals surface area contributed by atoms with Crippen molar-refractivity contribution in [2.24, 2.45) is 0 Å². The second-order valence-electron chi connectivity index (χ2n) is 7.30. The predicted molar refractivity (Wildman–Crippen MR) is 109 cm³/mol. The summed E-state index contributed by atoms with van der Waals surface area (Å²) in [6.07, 6.45) is 1.96. The second-order valence-corrected chi connectivity index (χ2v) is 7.30. The number of amides is 2. The van der Waals surface area contributed by atoms with Crippen molar-refractivity contribution >= 4 is 23.2 Å². The van der Waals surface area contributed by atoms with Crippen LogP contribution in [-0.2, 0) is 21.6 Å². The number of nitro groups is 1. The maximum Gasteiger partial charge on any atom is 0.313 e. The van der Waals surface area contributed by atoms with Gasteiger partial charge in [0.15, 0.2) is 0 Å². The Morgan fingerprint density at radius 1 is 1.23 bits per heavy atom. The van der Waals surface area contributed by atoms with Crippen molar-refractivity contribution < 1.29 is 24.4 Å². The summed E-state index contributed by atoms with van der Waals surface area (Å²) in [5, 5.41) is 26.9. The van der Waals surface area contributed by atoms with E-state index in [1.807, 2.05) is 6.07 Å². The summed E-state index contributed by atoms with van der Waals surface area (Å²) in [7, 11) is 1.57. The number of nitrogens with one attached hydrogen (secondary N) is 2. The van der Waals surface area contributed by atoms with E-state index in [-0.39, 0.29) is 17.9 Å². The van der Waals surface area contributed by atoms with Gasteiger partial charge in [-0.1, -0.05) is 12.1 Å². The Kier molecular flexibility index (Phi) is 6.02. The van der Waals surface area contributed by atoms with Crippen molar-refractivity contribution in [3.8, 4) is 5.75 Å². The lowest BCUT2D eigenvalue weighted by Gasteiger charge is -2.34. The standard InChI is InChI=1S/C21H23N3O6/c1-13-5-6-15(24(28)29)11-18(13)23-20(26)19(25)22-12-21(27)9-3-4-14-10-16(30-2)7-8-17(14)21/h5-8,10-11,27H,3-4,9,12H2,1-2H3,(H,22,25)(H,23,26). The molecule has 9 nitrogen and oxygen atoms in total. The van der Waals surface area contributed by atoms with Gasteiger partial charge in [-0.05, 0) is 55.0 Å². The highest BCUT2D eigenvalue weighted by atomic mass is 16.6. The minimum absolute atomic E-state index is 0.132. The molecule has 0 heterocycles. The summed E-state index contributed by atoms with van der Waals surface area (Å²) in [5.74, 6) is -1.21. The number of rotatable bonds is 5. The van der Waals surface area contributed by atoms with E-state index < -0.39 is 22.3 Å². The Morgan fingerprint density at radius 2 is 2.00 bits per heavy atom. The molecule has 2 amide bonds. The number of hydrogen-bond donors (Lipinski definition) is 3. The molecule has 0 saturated carbocycles. The number of nitrogens with zero attached hydrogens (tertiary/aromatic N) is 1. The molecule has 30 heavy (non-hydrogen) atoms. The Labute approximate surface area is 173 Å². The highest BCUT2D eigenvalue weighted by Gasteiger charge is 2.35. The summed E-state index contributed by atoms with van der Waals surface area (Å²) in [6, 6.07) is 9.37. The molecule has 1 unspecified atom stereocenters. The van der Waals surface area contributed by atoms with Crippen molar-refractivity contribution in [3.05, 3.63) is 63.2 Å². The molecule has 3 rings (SSSR count). The van der Waals surface area contributed by atoms with Crippen molar-refractivity contribution in [1.82, 2.24) is 5.32 Å². The number of benzene rings is 2. The number of ether oxygens (including phenoxy) is 1. The summed E-state index contributed by atoms with van der Waals surface area (Å²) < 4.78 is 5.22. The first-order valence-electron chi connectivity index (χ1n) is 9.47. The van der Waals surface area contributed by atoms with Crippen LogP contribution < -0.4 is 15.4 Å². The van der Waals surface area contributed by atoms with Gasteiger partial charge < -0.3 is 20.5 Å². The van der Waals surface area contributed by atoms with Gasteiger partial charge >= 0.3 is 11.8 Å². The summed E-state index contributed by atoms with van der Waals surface area (Å²) in [5.41, 5.74) is 0.907. The zero-order chi connectivity index (χ0) is 21.9. The van der Waals surface area contributed by atoms with E-state index >= 15 is 0 Å². The van der Waals surface area contributed by atoms with Crippen LogP contribution in [0.15, 0.2) is 36.4 Å². The van der Waals surface area contributed by atoms with E-state index in [1.165, 1.54) is 18.2 Å². The molecule has 0 spiro atoms. The lowest BCUT2D eigenvalue weighted by atomic mass is 9.79. The fraction of sp³-hybridized carbons (Fsp3) is 0.333. The summed E-state index contributed by atoms with van der Waals surface area (Å²) >= 11 is 0. The van der Waals surface area contributed by atoms with Crippen LogP contribution in [0.4, 0.5) is 11.4 Å². The van der Waals surface area contributed by atoms with E-state index in [2.05, 4.69) is 10.6 Å². The first-order valence-corrected chi connectivity index (χ1v) is 9.47. The fourth-order valence-corrected chi connectivity index (χ4v) is 3.59. The van der Waals surface area contributed by atoms with E-state index in [4.69, 9.17) is 4.74 Å². The van der Waals surface area contributed by atoms with Gasteiger partial charge in [-0.15, -0.1) is 0 Å². The molecule has 1 atom stereocenters. The van der Waals surface area contributed by atoms with Crippen LogP contribution in [0.5, 0.6) is 5.75 Å². The zero-order valence-electron chi connectivity index (χ0n) is 16.7. The maximum atomic E-state index is 12.3. The molecule has 0 bridgehead atoms. The Hall–Kier alpha value is -3.46. The third kappa shape index (κ3) is 4.41. The number of carbonyl (C=O) groups excluding carboxylic acids is 2. The van der Waals surface area contributed by atoms with E-state index in [1.54, 1.807) is 26.2 Å². The second kappa shape index (κ2) is 8.50. The number of aryl methyl sites for hydroxylation is 2. The van der Waals surface area contributed by atoms with E-state index in [0.717, 1.165) is 18.4 Å². The van der Waals surface area contributed by atoms with Gasteiger partial charge in [0, 0.05) is 12.1 Å². The molecule has 158 valence electrons. The SMILES string of the molecule is COc1ccc2c(c1)CCCC2(O)CNC(=O)C(=O)Nc1cc([N+](=O)[O-])ccc1C. The molecule has 2 aromatic carbocycles. The minimum Gasteiger partial charge on any atom is -0.497 e. The quantitative estimate of drug-likeness (QED) is 0.391. The zero-order valence-corrected chi connectivity index (χ0v) is 16.7. The summed E-state index contributed by atoms with van der Waals surface area (Å²) in [6.45, 7) is 1.53. The molecule has 0 aromatic heterocycles. The number of methoxy groups -OCH3 is 1. The smallest absolute Gasteiger partial charge is 0.313 e. The fourth-order valence-electron chi connectivity index (χ4n) is 3.59. The van der Waals surface area contributed by atoms with Gasteiger partial charge in [-0.3, -0.25) is 19.7 Å².